The lowest BCUT2D eigenvalue weighted by Gasteiger charge is -2.13. The molecule has 0 aliphatic carbocycles. The Bertz CT molecular complexity index is 277. The zero-order valence-electron chi connectivity index (χ0n) is 12.1. The van der Waals surface area contributed by atoms with E-state index in [0.29, 0.717) is 12.8 Å². The van der Waals surface area contributed by atoms with E-state index in [0.717, 1.165) is 32.1 Å². The van der Waals surface area contributed by atoms with Crippen molar-refractivity contribution in [1.82, 2.24) is 0 Å². The molecule has 0 bridgehead atoms. The van der Waals surface area contributed by atoms with Crippen LogP contribution in [-0.4, -0.2) is 46.1 Å². The third kappa shape index (κ3) is 11.9. The molecule has 20 heavy (non-hydrogen) atoms. The number of carbonyl (C=O) groups is 2. The minimum absolute atomic E-state index is 0.175. The van der Waals surface area contributed by atoms with Crippen LogP contribution in [0.2, 0.25) is 0 Å². The number of carboxylic acids is 1. The van der Waals surface area contributed by atoms with Gasteiger partial charge in [0, 0.05) is 12.8 Å². The van der Waals surface area contributed by atoms with Crippen LogP contribution in [0.1, 0.15) is 58.3 Å². The van der Waals surface area contributed by atoms with E-state index in [2.05, 4.69) is 0 Å². The molecule has 0 spiro atoms. The maximum absolute atomic E-state index is 11.3. The Morgan fingerprint density at radius 1 is 0.950 bits per heavy atom. The van der Waals surface area contributed by atoms with Crippen LogP contribution in [0.3, 0.4) is 0 Å². The quantitative estimate of drug-likeness (QED) is 0.371. The fourth-order valence-corrected chi connectivity index (χ4v) is 1.64. The molecule has 6 nitrogen and oxygen atoms in total. The average molecular weight is 290 g/mol. The molecule has 3 N–H and O–H groups in total. The number of unbranched alkanes of at least 4 members (excludes halogenated alkanes) is 5. The third-order valence-electron chi connectivity index (χ3n) is 2.99. The minimum atomic E-state index is -1.03. The second-order valence-corrected chi connectivity index (χ2v) is 5.01. The molecule has 0 aliphatic heterocycles. The molecule has 0 heterocycles. The number of aliphatic hydroxyl groups is 2. The van der Waals surface area contributed by atoms with Crippen molar-refractivity contribution in [3.05, 3.63) is 0 Å². The van der Waals surface area contributed by atoms with Gasteiger partial charge in [-0.3, -0.25) is 9.59 Å². The van der Waals surface area contributed by atoms with Gasteiger partial charge in [-0.25, -0.2) is 0 Å². The van der Waals surface area contributed by atoms with Gasteiger partial charge < -0.3 is 20.1 Å². The van der Waals surface area contributed by atoms with Crippen molar-refractivity contribution >= 4 is 11.9 Å². The minimum Gasteiger partial charge on any atom is -0.481 e. The molecule has 0 rings (SSSR count). The lowest BCUT2D eigenvalue weighted by Crippen LogP contribution is -2.29. The lowest BCUT2D eigenvalue weighted by molar-refractivity contribution is -0.148. The Balaban J connectivity index is 3.33. The van der Waals surface area contributed by atoms with Gasteiger partial charge in [0.1, 0.15) is 12.7 Å². The van der Waals surface area contributed by atoms with Crippen LogP contribution in [0.4, 0.5) is 0 Å². The van der Waals surface area contributed by atoms with Gasteiger partial charge in [-0.15, -0.1) is 0 Å². The van der Waals surface area contributed by atoms with E-state index in [4.69, 9.17) is 14.9 Å². The van der Waals surface area contributed by atoms with Crippen LogP contribution in [0.5, 0.6) is 0 Å². The molecule has 2 unspecified atom stereocenters. The largest absolute Gasteiger partial charge is 0.481 e. The first-order chi connectivity index (χ1) is 9.43. The summed E-state index contributed by atoms with van der Waals surface area (Å²) in [7, 11) is 0. The number of ether oxygens (including phenoxy) is 1. The Kier molecular flexibility index (Phi) is 11.0. The van der Waals surface area contributed by atoms with Gasteiger partial charge in [0.25, 0.3) is 0 Å². The van der Waals surface area contributed by atoms with E-state index < -0.39 is 18.2 Å². The molecule has 0 aromatic carbocycles. The molecule has 2 atom stereocenters. The molecular weight excluding hydrogens is 264 g/mol. The van der Waals surface area contributed by atoms with E-state index in [1.165, 1.54) is 6.92 Å². The Hall–Kier alpha value is -1.14. The molecule has 0 aliphatic rings. The predicted octanol–water partition coefficient (Wildman–Crippen LogP) is 1.48. The van der Waals surface area contributed by atoms with Gasteiger partial charge in [-0.2, -0.15) is 0 Å². The van der Waals surface area contributed by atoms with Gasteiger partial charge in [-0.05, 0) is 19.8 Å². The number of hydrogen-bond donors (Lipinski definition) is 3. The Morgan fingerprint density at radius 3 is 1.95 bits per heavy atom. The summed E-state index contributed by atoms with van der Waals surface area (Å²) in [5.74, 6) is -1.12. The fraction of sp³-hybridized carbons (Fsp3) is 0.857. The van der Waals surface area contributed by atoms with Crippen molar-refractivity contribution in [3.8, 4) is 0 Å². The first-order valence-electron chi connectivity index (χ1n) is 7.17. The number of aliphatic carboxylic acids is 1. The molecule has 0 radical (unpaired) electrons. The summed E-state index contributed by atoms with van der Waals surface area (Å²) in [6.45, 7) is 1.26. The number of rotatable bonds is 12. The summed E-state index contributed by atoms with van der Waals surface area (Å²) in [6, 6.07) is 0. The van der Waals surface area contributed by atoms with Crippen molar-refractivity contribution in [2.45, 2.75) is 70.5 Å². The van der Waals surface area contributed by atoms with Crippen LogP contribution in [0, 0.1) is 0 Å². The zero-order valence-corrected chi connectivity index (χ0v) is 12.1. The number of carbonyl (C=O) groups excluding carboxylic acids is 1. The van der Waals surface area contributed by atoms with Crippen molar-refractivity contribution in [1.29, 1.82) is 0 Å². The molecule has 0 aromatic heterocycles. The smallest absolute Gasteiger partial charge is 0.305 e. The highest BCUT2D eigenvalue weighted by Gasteiger charge is 2.13. The molecule has 0 aromatic rings. The maximum Gasteiger partial charge on any atom is 0.305 e. The number of carboxylic acid groups (broad SMARTS) is 1. The summed E-state index contributed by atoms with van der Waals surface area (Å²) in [4.78, 5) is 21.6. The van der Waals surface area contributed by atoms with E-state index in [1.54, 1.807) is 0 Å². The molecular formula is C14H26O6. The second-order valence-electron chi connectivity index (χ2n) is 5.01. The highest BCUT2D eigenvalue weighted by atomic mass is 16.5. The molecule has 118 valence electrons. The van der Waals surface area contributed by atoms with E-state index >= 15 is 0 Å². The van der Waals surface area contributed by atoms with E-state index in [1.807, 2.05) is 0 Å². The van der Waals surface area contributed by atoms with Crippen molar-refractivity contribution < 1.29 is 29.6 Å². The lowest BCUT2D eigenvalue weighted by atomic mass is 10.1. The van der Waals surface area contributed by atoms with Crippen LogP contribution >= 0.6 is 0 Å². The fourth-order valence-electron chi connectivity index (χ4n) is 1.64. The number of aliphatic hydroxyl groups excluding tert-OH is 2. The van der Waals surface area contributed by atoms with Crippen molar-refractivity contribution in [3.63, 3.8) is 0 Å². The second kappa shape index (κ2) is 11.7. The highest BCUT2D eigenvalue weighted by molar-refractivity contribution is 5.69. The zero-order chi connectivity index (χ0) is 15.4. The number of hydrogen-bond acceptors (Lipinski definition) is 5. The van der Waals surface area contributed by atoms with Gasteiger partial charge in [0.2, 0.25) is 0 Å². The summed E-state index contributed by atoms with van der Waals surface area (Å²) in [5.41, 5.74) is 0. The predicted molar refractivity (Wildman–Crippen MR) is 73.2 cm³/mol. The molecule has 0 fully saturated rings. The monoisotopic (exact) mass is 290 g/mol. The first kappa shape index (κ1) is 18.9. The van der Waals surface area contributed by atoms with Crippen molar-refractivity contribution in [2.75, 3.05) is 6.61 Å². The van der Waals surface area contributed by atoms with Crippen LogP contribution in [-0.2, 0) is 14.3 Å². The van der Waals surface area contributed by atoms with Crippen LogP contribution in [0.25, 0.3) is 0 Å². The normalized spacial score (nSPS) is 13.8. The molecule has 0 amide bonds. The van der Waals surface area contributed by atoms with Gasteiger partial charge >= 0.3 is 11.9 Å². The van der Waals surface area contributed by atoms with Crippen LogP contribution < -0.4 is 0 Å². The van der Waals surface area contributed by atoms with Gasteiger partial charge in [-0.1, -0.05) is 25.7 Å². The number of esters is 1. The third-order valence-corrected chi connectivity index (χ3v) is 2.99. The molecule has 0 saturated carbocycles. The average Bonchev–Trinajstić information content (AvgIpc) is 2.38. The molecule has 0 saturated heterocycles. The summed E-state index contributed by atoms with van der Waals surface area (Å²) in [5, 5.41) is 26.7. The maximum atomic E-state index is 11.3. The Morgan fingerprint density at radius 2 is 1.45 bits per heavy atom. The molecule has 6 heteroatoms. The van der Waals surface area contributed by atoms with Crippen LogP contribution in [0.15, 0.2) is 0 Å². The standard InChI is InChI=1S/C14H26O6/c1-11(15)12(16)10-20-14(19)9-7-5-3-2-4-6-8-13(17)18/h11-12,15-16H,2-10H2,1H3,(H,17,18). The summed E-state index contributed by atoms with van der Waals surface area (Å²) >= 11 is 0. The van der Waals surface area contributed by atoms with Gasteiger partial charge in [0.15, 0.2) is 0 Å². The summed E-state index contributed by atoms with van der Waals surface area (Å²) in [6.07, 6.45) is 3.77. The Labute approximate surface area is 119 Å². The van der Waals surface area contributed by atoms with Crippen molar-refractivity contribution in [2.24, 2.45) is 0 Å². The van der Waals surface area contributed by atoms with E-state index in [-0.39, 0.29) is 19.0 Å². The highest BCUT2D eigenvalue weighted by Crippen LogP contribution is 2.09. The first-order valence-corrected chi connectivity index (χ1v) is 7.17. The SMILES string of the molecule is CC(O)C(O)COC(=O)CCCCCCCCC(=O)O. The summed E-state index contributed by atoms with van der Waals surface area (Å²) < 4.78 is 4.82. The topological polar surface area (TPSA) is 104 Å². The van der Waals surface area contributed by atoms with E-state index in [9.17, 15) is 14.7 Å². The van der Waals surface area contributed by atoms with Gasteiger partial charge in [0.05, 0.1) is 6.10 Å².